The Bertz CT molecular complexity index is 235. The molecule has 88 valence electrons. The molecule has 2 atom stereocenters. The minimum absolute atomic E-state index is 0.283. The summed E-state index contributed by atoms with van der Waals surface area (Å²) in [6.45, 7) is 2.57. The van der Waals surface area contributed by atoms with E-state index in [9.17, 15) is 13.6 Å². The highest BCUT2D eigenvalue weighted by atomic mass is 19.3. The van der Waals surface area contributed by atoms with E-state index in [2.05, 4.69) is 10.1 Å². The third-order valence-electron chi connectivity index (χ3n) is 3.31. The van der Waals surface area contributed by atoms with Crippen LogP contribution in [-0.4, -0.2) is 32.6 Å². The minimum Gasteiger partial charge on any atom is -0.469 e. The summed E-state index contributed by atoms with van der Waals surface area (Å²) in [5.74, 6) is -1.42. The lowest BCUT2D eigenvalue weighted by atomic mass is 9.69. The standard InChI is InChI=1S/C10H17F2NO2/c1-3-10(9(14)15-2)6-13-5-4-7(10)8(11)12/h7-8,13H,3-6H2,1-2H3/t7-,10-/m1/s1. The van der Waals surface area contributed by atoms with E-state index in [1.165, 1.54) is 7.11 Å². The van der Waals surface area contributed by atoms with Gasteiger partial charge < -0.3 is 10.1 Å². The molecular weight excluding hydrogens is 204 g/mol. The van der Waals surface area contributed by atoms with Gasteiger partial charge in [-0.25, -0.2) is 8.78 Å². The molecule has 0 aromatic heterocycles. The van der Waals surface area contributed by atoms with Crippen LogP contribution in [0.3, 0.4) is 0 Å². The lowest BCUT2D eigenvalue weighted by molar-refractivity contribution is -0.164. The normalized spacial score (nSPS) is 31.7. The summed E-state index contributed by atoms with van der Waals surface area (Å²) in [4.78, 5) is 11.6. The maximum atomic E-state index is 12.9. The molecule has 0 saturated carbocycles. The van der Waals surface area contributed by atoms with E-state index in [0.717, 1.165) is 0 Å². The van der Waals surface area contributed by atoms with E-state index in [0.29, 0.717) is 19.4 Å². The number of methoxy groups -OCH3 is 1. The van der Waals surface area contributed by atoms with Gasteiger partial charge in [0.05, 0.1) is 12.5 Å². The zero-order chi connectivity index (χ0) is 11.5. The van der Waals surface area contributed by atoms with Crippen LogP contribution in [0.1, 0.15) is 19.8 Å². The molecule has 0 aliphatic carbocycles. The number of nitrogens with one attached hydrogen (secondary N) is 1. The van der Waals surface area contributed by atoms with Crippen molar-refractivity contribution in [3.63, 3.8) is 0 Å². The molecule has 1 aliphatic rings. The molecule has 1 saturated heterocycles. The fourth-order valence-corrected chi connectivity index (χ4v) is 2.30. The van der Waals surface area contributed by atoms with Gasteiger partial charge in [-0.3, -0.25) is 4.79 Å². The summed E-state index contributed by atoms with van der Waals surface area (Å²) >= 11 is 0. The zero-order valence-corrected chi connectivity index (χ0v) is 9.06. The van der Waals surface area contributed by atoms with E-state index >= 15 is 0 Å². The van der Waals surface area contributed by atoms with Crippen molar-refractivity contribution < 1.29 is 18.3 Å². The molecule has 1 heterocycles. The number of hydrogen-bond acceptors (Lipinski definition) is 3. The Morgan fingerprint density at radius 1 is 1.67 bits per heavy atom. The molecule has 1 aliphatic heterocycles. The molecule has 0 aromatic carbocycles. The first-order chi connectivity index (χ1) is 7.08. The van der Waals surface area contributed by atoms with Crippen LogP contribution in [0.5, 0.6) is 0 Å². The summed E-state index contributed by atoms with van der Waals surface area (Å²) < 4.78 is 30.4. The van der Waals surface area contributed by atoms with Crippen molar-refractivity contribution in [2.45, 2.75) is 26.2 Å². The Morgan fingerprint density at radius 3 is 2.80 bits per heavy atom. The smallest absolute Gasteiger partial charge is 0.313 e. The van der Waals surface area contributed by atoms with Gasteiger partial charge in [-0.1, -0.05) is 6.92 Å². The molecule has 0 spiro atoms. The molecule has 0 amide bonds. The van der Waals surface area contributed by atoms with Gasteiger partial charge in [-0.2, -0.15) is 0 Å². The highest BCUT2D eigenvalue weighted by Gasteiger charge is 2.50. The summed E-state index contributed by atoms with van der Waals surface area (Å²) in [7, 11) is 1.25. The molecule has 15 heavy (non-hydrogen) atoms. The molecule has 0 unspecified atom stereocenters. The molecule has 5 heteroatoms. The average Bonchev–Trinajstić information content (AvgIpc) is 2.27. The quantitative estimate of drug-likeness (QED) is 0.733. The molecule has 1 N–H and O–H groups in total. The fourth-order valence-electron chi connectivity index (χ4n) is 2.30. The second-order valence-electron chi connectivity index (χ2n) is 3.91. The van der Waals surface area contributed by atoms with Crippen LogP contribution in [0.15, 0.2) is 0 Å². The van der Waals surface area contributed by atoms with Gasteiger partial charge in [-0.05, 0) is 19.4 Å². The van der Waals surface area contributed by atoms with Crippen molar-refractivity contribution in [2.24, 2.45) is 11.3 Å². The van der Waals surface area contributed by atoms with Gasteiger partial charge in [0.25, 0.3) is 0 Å². The van der Waals surface area contributed by atoms with Gasteiger partial charge in [-0.15, -0.1) is 0 Å². The zero-order valence-electron chi connectivity index (χ0n) is 9.06. The molecule has 3 nitrogen and oxygen atoms in total. The Balaban J connectivity index is 2.95. The monoisotopic (exact) mass is 221 g/mol. The SMILES string of the molecule is CC[C@@]1(C(=O)OC)CNCC[C@@H]1C(F)F. The van der Waals surface area contributed by atoms with E-state index in [1.54, 1.807) is 6.92 Å². The number of carbonyl (C=O) groups excluding carboxylic acids is 1. The predicted octanol–water partition coefficient (Wildman–Crippen LogP) is 1.43. The van der Waals surface area contributed by atoms with Crippen molar-refractivity contribution in [3.8, 4) is 0 Å². The number of halogens is 2. The first-order valence-electron chi connectivity index (χ1n) is 5.15. The highest BCUT2D eigenvalue weighted by molar-refractivity contribution is 5.77. The summed E-state index contributed by atoms with van der Waals surface area (Å²) in [6, 6.07) is 0. The van der Waals surface area contributed by atoms with Crippen molar-refractivity contribution in [3.05, 3.63) is 0 Å². The topological polar surface area (TPSA) is 38.3 Å². The van der Waals surface area contributed by atoms with Gasteiger partial charge in [0.1, 0.15) is 0 Å². The van der Waals surface area contributed by atoms with Crippen LogP contribution in [0.2, 0.25) is 0 Å². The van der Waals surface area contributed by atoms with E-state index in [1.807, 2.05) is 0 Å². The van der Waals surface area contributed by atoms with Crippen LogP contribution in [0.25, 0.3) is 0 Å². The highest BCUT2D eigenvalue weighted by Crippen LogP contribution is 2.40. The third kappa shape index (κ3) is 2.12. The number of rotatable bonds is 3. The fraction of sp³-hybridized carbons (Fsp3) is 0.900. The number of carbonyl (C=O) groups is 1. The number of ether oxygens (including phenoxy) is 1. The molecule has 0 bridgehead atoms. The maximum Gasteiger partial charge on any atom is 0.313 e. The minimum atomic E-state index is -2.47. The number of piperidine rings is 1. The average molecular weight is 221 g/mol. The number of alkyl halides is 2. The largest absolute Gasteiger partial charge is 0.469 e. The van der Waals surface area contributed by atoms with E-state index < -0.39 is 23.7 Å². The Labute approximate surface area is 88.2 Å². The molecule has 0 radical (unpaired) electrons. The lowest BCUT2D eigenvalue weighted by Crippen LogP contribution is -2.53. The second kappa shape index (κ2) is 4.88. The van der Waals surface area contributed by atoms with Crippen molar-refractivity contribution in [1.82, 2.24) is 5.32 Å². The first-order valence-corrected chi connectivity index (χ1v) is 5.15. The second-order valence-corrected chi connectivity index (χ2v) is 3.91. The maximum absolute atomic E-state index is 12.9. The molecule has 0 aromatic rings. The Hall–Kier alpha value is -0.710. The molecule has 1 fully saturated rings. The van der Waals surface area contributed by atoms with Gasteiger partial charge in [0, 0.05) is 12.5 Å². The van der Waals surface area contributed by atoms with Crippen molar-refractivity contribution >= 4 is 5.97 Å². The number of hydrogen-bond donors (Lipinski definition) is 1. The summed E-state index contributed by atoms with van der Waals surface area (Å²) in [5, 5.41) is 2.99. The van der Waals surface area contributed by atoms with E-state index in [4.69, 9.17) is 0 Å². The molecule has 1 rings (SSSR count). The van der Waals surface area contributed by atoms with Crippen molar-refractivity contribution in [1.29, 1.82) is 0 Å². The summed E-state index contributed by atoms with van der Waals surface area (Å²) in [6.07, 6.45) is -1.77. The summed E-state index contributed by atoms with van der Waals surface area (Å²) in [5.41, 5.74) is -1.05. The van der Waals surface area contributed by atoms with Gasteiger partial charge in [0.2, 0.25) is 6.43 Å². The van der Waals surface area contributed by atoms with E-state index in [-0.39, 0.29) is 6.54 Å². The van der Waals surface area contributed by atoms with Crippen LogP contribution in [0.4, 0.5) is 8.78 Å². The van der Waals surface area contributed by atoms with Gasteiger partial charge in [0.15, 0.2) is 0 Å². The first kappa shape index (κ1) is 12.4. The Morgan fingerprint density at radius 2 is 2.33 bits per heavy atom. The van der Waals surface area contributed by atoms with Crippen molar-refractivity contribution in [2.75, 3.05) is 20.2 Å². The number of esters is 1. The van der Waals surface area contributed by atoms with Crippen LogP contribution in [-0.2, 0) is 9.53 Å². The Kier molecular flexibility index (Phi) is 4.02. The predicted molar refractivity (Wildman–Crippen MR) is 51.7 cm³/mol. The molecular formula is C10H17F2NO2. The lowest BCUT2D eigenvalue weighted by Gasteiger charge is -2.40. The third-order valence-corrected chi connectivity index (χ3v) is 3.31. The van der Waals surface area contributed by atoms with Crippen LogP contribution < -0.4 is 5.32 Å². The van der Waals surface area contributed by atoms with Gasteiger partial charge >= 0.3 is 5.97 Å². The van der Waals surface area contributed by atoms with Crippen LogP contribution in [0, 0.1) is 11.3 Å². The van der Waals surface area contributed by atoms with Crippen LogP contribution >= 0.6 is 0 Å².